The van der Waals surface area contributed by atoms with Crippen molar-refractivity contribution in [2.75, 3.05) is 0 Å². The largest absolute Gasteiger partial charge is 0.294 e. The first kappa shape index (κ1) is 12.1. The van der Waals surface area contributed by atoms with Gasteiger partial charge in [-0.05, 0) is 23.8 Å². The van der Waals surface area contributed by atoms with Gasteiger partial charge in [-0.2, -0.15) is 5.10 Å². The first-order chi connectivity index (χ1) is 8.04. The lowest BCUT2D eigenvalue weighted by molar-refractivity contribution is 0.0993. The van der Waals surface area contributed by atoms with Gasteiger partial charge in [0.25, 0.3) is 0 Å². The predicted octanol–water partition coefficient (Wildman–Crippen LogP) is 3.15. The highest BCUT2D eigenvalue weighted by atomic mass is 35.5. The molecule has 0 amide bonds. The van der Waals surface area contributed by atoms with Crippen LogP contribution in [0.1, 0.15) is 15.9 Å². The van der Waals surface area contributed by atoms with Gasteiger partial charge in [-0.3, -0.25) is 9.48 Å². The number of rotatable bonds is 3. The third-order valence-corrected chi connectivity index (χ3v) is 2.74. The Morgan fingerprint density at radius 1 is 1.29 bits per heavy atom. The van der Waals surface area contributed by atoms with E-state index in [1.165, 1.54) is 0 Å². The SMILES string of the molecule is Cn1cc(CC(=O)c2cc(Cl)cc(Cl)c2)cn1. The number of hydrogen-bond acceptors (Lipinski definition) is 2. The number of halogens is 2. The Labute approximate surface area is 109 Å². The summed E-state index contributed by atoms with van der Waals surface area (Å²) in [7, 11) is 1.81. The molecule has 17 heavy (non-hydrogen) atoms. The molecule has 5 heteroatoms. The third kappa shape index (κ3) is 3.08. The summed E-state index contributed by atoms with van der Waals surface area (Å²) in [6.07, 6.45) is 3.78. The van der Waals surface area contributed by atoms with Gasteiger partial charge in [0.2, 0.25) is 0 Å². The molecule has 0 unspecified atom stereocenters. The normalized spacial score (nSPS) is 10.5. The molecule has 1 aromatic carbocycles. The molecule has 0 aliphatic rings. The second-order valence-electron chi connectivity index (χ2n) is 3.78. The van der Waals surface area contributed by atoms with E-state index in [4.69, 9.17) is 23.2 Å². The van der Waals surface area contributed by atoms with Crippen molar-refractivity contribution >= 4 is 29.0 Å². The molecule has 1 aromatic heterocycles. The molecule has 0 aliphatic carbocycles. The zero-order valence-electron chi connectivity index (χ0n) is 9.15. The number of carbonyl (C=O) groups excluding carboxylic acids is 1. The fourth-order valence-corrected chi connectivity index (χ4v) is 2.09. The minimum absolute atomic E-state index is 0.0256. The van der Waals surface area contributed by atoms with E-state index in [9.17, 15) is 4.79 Å². The topological polar surface area (TPSA) is 34.9 Å². The fraction of sp³-hybridized carbons (Fsp3) is 0.167. The molecule has 3 nitrogen and oxygen atoms in total. The van der Waals surface area contributed by atoms with Crippen molar-refractivity contribution in [1.29, 1.82) is 0 Å². The molecule has 0 atom stereocenters. The van der Waals surface area contributed by atoms with Gasteiger partial charge in [-0.15, -0.1) is 0 Å². The Kier molecular flexibility index (Phi) is 3.50. The standard InChI is InChI=1S/C12H10Cl2N2O/c1-16-7-8(6-15-16)2-12(17)9-3-10(13)5-11(14)4-9/h3-7H,2H2,1H3. The van der Waals surface area contributed by atoms with E-state index in [0.717, 1.165) is 5.56 Å². The molecule has 0 spiro atoms. The van der Waals surface area contributed by atoms with Crippen molar-refractivity contribution < 1.29 is 4.79 Å². The van der Waals surface area contributed by atoms with E-state index >= 15 is 0 Å². The van der Waals surface area contributed by atoms with E-state index in [1.807, 2.05) is 13.2 Å². The summed E-state index contributed by atoms with van der Waals surface area (Å²) in [5.41, 5.74) is 1.39. The van der Waals surface area contributed by atoms with Crippen LogP contribution in [0.25, 0.3) is 0 Å². The van der Waals surface area contributed by atoms with Crippen LogP contribution < -0.4 is 0 Å². The van der Waals surface area contributed by atoms with Crippen molar-refractivity contribution in [1.82, 2.24) is 9.78 Å². The van der Waals surface area contributed by atoms with Gasteiger partial charge in [0.15, 0.2) is 5.78 Å². The molecule has 0 saturated carbocycles. The van der Waals surface area contributed by atoms with Gasteiger partial charge in [0.05, 0.1) is 6.20 Å². The van der Waals surface area contributed by atoms with Crippen molar-refractivity contribution in [3.05, 3.63) is 51.8 Å². The van der Waals surface area contributed by atoms with Crippen molar-refractivity contribution in [2.45, 2.75) is 6.42 Å². The molecule has 88 valence electrons. The highest BCUT2D eigenvalue weighted by Gasteiger charge is 2.10. The van der Waals surface area contributed by atoms with Gasteiger partial charge in [-0.1, -0.05) is 23.2 Å². The zero-order chi connectivity index (χ0) is 12.4. The minimum Gasteiger partial charge on any atom is -0.294 e. The van der Waals surface area contributed by atoms with Crippen molar-refractivity contribution in [2.24, 2.45) is 7.05 Å². The number of nitrogens with zero attached hydrogens (tertiary/aromatic N) is 2. The van der Waals surface area contributed by atoms with Crippen LogP contribution in [0, 0.1) is 0 Å². The summed E-state index contributed by atoms with van der Waals surface area (Å²) in [4.78, 5) is 12.0. The summed E-state index contributed by atoms with van der Waals surface area (Å²) in [5.74, 6) is -0.0256. The number of benzene rings is 1. The average molecular weight is 269 g/mol. The Balaban J connectivity index is 2.19. The molecular weight excluding hydrogens is 259 g/mol. The van der Waals surface area contributed by atoms with Crippen LogP contribution in [0.3, 0.4) is 0 Å². The second kappa shape index (κ2) is 4.90. The maximum Gasteiger partial charge on any atom is 0.167 e. The van der Waals surface area contributed by atoms with Crippen LogP contribution in [-0.4, -0.2) is 15.6 Å². The van der Waals surface area contributed by atoms with Crippen LogP contribution in [-0.2, 0) is 13.5 Å². The summed E-state index contributed by atoms with van der Waals surface area (Å²) >= 11 is 11.7. The monoisotopic (exact) mass is 268 g/mol. The molecule has 2 aromatic rings. The van der Waals surface area contributed by atoms with E-state index in [0.29, 0.717) is 22.0 Å². The Morgan fingerprint density at radius 3 is 2.47 bits per heavy atom. The molecule has 2 rings (SSSR count). The van der Waals surface area contributed by atoms with E-state index in [-0.39, 0.29) is 5.78 Å². The minimum atomic E-state index is -0.0256. The molecular formula is C12H10Cl2N2O. The third-order valence-electron chi connectivity index (χ3n) is 2.31. The molecule has 0 saturated heterocycles. The maximum atomic E-state index is 12.0. The smallest absolute Gasteiger partial charge is 0.167 e. The Bertz CT molecular complexity index is 543. The Morgan fingerprint density at radius 2 is 1.94 bits per heavy atom. The highest BCUT2D eigenvalue weighted by Crippen LogP contribution is 2.20. The molecule has 0 N–H and O–H groups in total. The summed E-state index contributed by atoms with van der Waals surface area (Å²) < 4.78 is 1.66. The number of hydrogen-bond donors (Lipinski definition) is 0. The fourth-order valence-electron chi connectivity index (χ4n) is 1.57. The van der Waals surface area contributed by atoms with Gasteiger partial charge in [0, 0.05) is 35.3 Å². The van der Waals surface area contributed by atoms with E-state index in [1.54, 1.807) is 29.1 Å². The molecule has 0 bridgehead atoms. The summed E-state index contributed by atoms with van der Waals surface area (Å²) in [6, 6.07) is 4.84. The Hall–Kier alpha value is -1.32. The molecule has 0 radical (unpaired) electrons. The van der Waals surface area contributed by atoms with Gasteiger partial charge < -0.3 is 0 Å². The van der Waals surface area contributed by atoms with Crippen LogP contribution in [0.2, 0.25) is 10.0 Å². The first-order valence-electron chi connectivity index (χ1n) is 5.01. The maximum absolute atomic E-state index is 12.0. The predicted molar refractivity (Wildman–Crippen MR) is 67.7 cm³/mol. The van der Waals surface area contributed by atoms with Gasteiger partial charge in [-0.25, -0.2) is 0 Å². The van der Waals surface area contributed by atoms with E-state index in [2.05, 4.69) is 5.10 Å². The lowest BCUT2D eigenvalue weighted by Crippen LogP contribution is -2.02. The quantitative estimate of drug-likeness (QED) is 0.802. The van der Waals surface area contributed by atoms with Crippen molar-refractivity contribution in [3.8, 4) is 0 Å². The summed E-state index contributed by atoms with van der Waals surface area (Å²) in [5, 5.41) is 4.94. The molecule has 0 aliphatic heterocycles. The van der Waals surface area contributed by atoms with Gasteiger partial charge >= 0.3 is 0 Å². The van der Waals surface area contributed by atoms with Crippen LogP contribution in [0.5, 0.6) is 0 Å². The van der Waals surface area contributed by atoms with E-state index < -0.39 is 0 Å². The van der Waals surface area contributed by atoms with Crippen LogP contribution in [0.4, 0.5) is 0 Å². The second-order valence-corrected chi connectivity index (χ2v) is 4.65. The van der Waals surface area contributed by atoms with Crippen LogP contribution in [0.15, 0.2) is 30.6 Å². The van der Waals surface area contributed by atoms with Crippen LogP contribution >= 0.6 is 23.2 Å². The number of aryl methyl sites for hydroxylation is 1. The average Bonchev–Trinajstić information content (AvgIpc) is 2.62. The number of carbonyl (C=O) groups is 1. The van der Waals surface area contributed by atoms with Crippen molar-refractivity contribution in [3.63, 3.8) is 0 Å². The lowest BCUT2D eigenvalue weighted by Gasteiger charge is -2.01. The molecule has 0 fully saturated rings. The zero-order valence-corrected chi connectivity index (χ0v) is 10.7. The number of Topliss-reactive ketones (excluding diaryl/α,β-unsaturated/α-hetero) is 1. The lowest BCUT2D eigenvalue weighted by atomic mass is 10.1. The highest BCUT2D eigenvalue weighted by molar-refractivity contribution is 6.35. The number of aromatic nitrogens is 2. The van der Waals surface area contributed by atoms with Gasteiger partial charge in [0.1, 0.15) is 0 Å². The summed E-state index contributed by atoms with van der Waals surface area (Å²) in [6.45, 7) is 0. The first-order valence-corrected chi connectivity index (χ1v) is 5.77. The molecule has 1 heterocycles. The number of ketones is 1.